The Morgan fingerprint density at radius 2 is 1.10 bits per heavy atom. The Kier molecular flexibility index (Phi) is 28.4. The largest absolute Gasteiger partial charge is 0.394 e. The van der Waals surface area contributed by atoms with E-state index in [1.54, 1.807) is 0 Å². The fourth-order valence-corrected chi connectivity index (χ4v) is 11.8. The first-order chi connectivity index (χ1) is 39.8. The molecule has 17 N–H and O–H groups in total. The molecule has 6 aliphatic heterocycles. The van der Waals surface area contributed by atoms with E-state index in [1.165, 1.54) is 0 Å². The number of thioether (sulfide) groups is 1. The van der Waals surface area contributed by atoms with E-state index >= 15 is 0 Å². The highest BCUT2D eigenvalue weighted by molar-refractivity contribution is 8.00. The molecule has 0 saturated carbocycles. The maximum absolute atomic E-state index is 12.6. The van der Waals surface area contributed by atoms with Gasteiger partial charge in [-0.25, -0.2) is 4.79 Å². The monoisotopic (exact) mass is 1220 g/mol. The SMILES string of the molecule is CC(=O)NC1C(OCCCNC(=O)COCCOCCOCCNC(=O)CCCC[C@@H]2SC[C@@H]3NC(=O)N[C@@H]32)OC(CO)C(OC2OC(CO)C(O)C(OC3OC(CO)C(O)C(OC4OC(CO)C(O)C(O)C4O)C3NC(C)=O)C2O)C1O. The van der Waals surface area contributed by atoms with Crippen LogP contribution in [0.5, 0.6) is 0 Å². The predicted octanol–water partition coefficient (Wildman–Crippen LogP) is -9.04. The average molecular weight is 1220 g/mol. The quantitative estimate of drug-likeness (QED) is 0.0214. The van der Waals surface area contributed by atoms with Crippen LogP contribution in [0, 0.1) is 0 Å². The van der Waals surface area contributed by atoms with Crippen molar-refractivity contribution in [3.05, 3.63) is 0 Å². The third kappa shape index (κ3) is 19.3. The molecule has 6 saturated heterocycles. The highest BCUT2D eigenvalue weighted by Crippen LogP contribution is 2.36. The van der Waals surface area contributed by atoms with Gasteiger partial charge in [0.2, 0.25) is 23.6 Å². The molecule has 6 amide bonds. The Morgan fingerprint density at radius 3 is 1.76 bits per heavy atom. The molecule has 6 fully saturated rings. The Labute approximate surface area is 481 Å². The molecule has 6 aliphatic rings. The van der Waals surface area contributed by atoms with Crippen molar-refractivity contribution in [2.75, 3.05) is 91.5 Å². The number of carbonyl (C=O) groups excluding carboxylic acids is 5. The summed E-state index contributed by atoms with van der Waals surface area (Å²) in [4.78, 5) is 61.1. The minimum Gasteiger partial charge on any atom is -0.394 e. The van der Waals surface area contributed by atoms with Crippen molar-refractivity contribution in [3.63, 3.8) is 0 Å². The van der Waals surface area contributed by atoms with E-state index in [0.717, 1.165) is 38.9 Å². The molecule has 0 spiro atoms. The highest BCUT2D eigenvalue weighted by atomic mass is 32.2. The van der Waals surface area contributed by atoms with Crippen LogP contribution >= 0.6 is 11.8 Å². The molecule has 0 aliphatic carbocycles. The summed E-state index contributed by atoms with van der Waals surface area (Å²) in [6.07, 6.45) is -28.8. The lowest BCUT2D eigenvalue weighted by molar-refractivity contribution is -0.377. The smallest absolute Gasteiger partial charge is 0.315 e. The summed E-state index contributed by atoms with van der Waals surface area (Å²) in [6.45, 7) is -0.103. The molecule has 23 atom stereocenters. The second-order valence-corrected chi connectivity index (χ2v) is 21.9. The van der Waals surface area contributed by atoms with Crippen molar-refractivity contribution in [2.24, 2.45) is 0 Å². The minimum atomic E-state index is -2.10. The molecule has 478 valence electrons. The van der Waals surface area contributed by atoms with E-state index in [9.17, 15) is 80.1 Å². The number of hydrogen-bond donors (Lipinski definition) is 17. The number of amides is 6. The summed E-state index contributed by atoms with van der Waals surface area (Å²) in [5.74, 6) is -1.03. The van der Waals surface area contributed by atoms with Crippen LogP contribution in [0.15, 0.2) is 0 Å². The third-order valence-electron chi connectivity index (χ3n) is 14.5. The van der Waals surface area contributed by atoms with Crippen molar-refractivity contribution < 1.29 is 132 Å². The van der Waals surface area contributed by atoms with E-state index in [2.05, 4.69) is 31.9 Å². The van der Waals surface area contributed by atoms with Gasteiger partial charge in [0.15, 0.2) is 25.2 Å². The molecular weight excluding hydrogens is 1140 g/mol. The van der Waals surface area contributed by atoms with Gasteiger partial charge in [0.05, 0.1) is 78.2 Å². The molecule has 83 heavy (non-hydrogen) atoms. The van der Waals surface area contributed by atoms with Gasteiger partial charge >= 0.3 is 6.03 Å². The normalized spacial score (nSPS) is 37.9. The van der Waals surface area contributed by atoms with Gasteiger partial charge in [0.25, 0.3) is 0 Å². The topological polar surface area (TPSA) is 482 Å². The molecule has 0 aromatic rings. The Morgan fingerprint density at radius 1 is 0.542 bits per heavy atom. The van der Waals surface area contributed by atoms with Crippen molar-refractivity contribution in [1.29, 1.82) is 0 Å². The molecule has 20 unspecified atom stereocenters. The second-order valence-electron chi connectivity index (χ2n) is 20.7. The van der Waals surface area contributed by atoms with Crippen molar-refractivity contribution >= 4 is 41.4 Å². The van der Waals surface area contributed by atoms with E-state index < -0.39 is 167 Å². The van der Waals surface area contributed by atoms with Gasteiger partial charge in [-0.2, -0.15) is 11.8 Å². The number of nitrogens with one attached hydrogen (secondary N) is 6. The van der Waals surface area contributed by atoms with Crippen LogP contribution in [0.3, 0.4) is 0 Å². The van der Waals surface area contributed by atoms with Crippen LogP contribution in [0.4, 0.5) is 4.79 Å². The molecule has 6 heterocycles. The van der Waals surface area contributed by atoms with Gasteiger partial charge in [-0.3, -0.25) is 19.2 Å². The number of ether oxygens (including phenoxy) is 11. The lowest BCUT2D eigenvalue weighted by Gasteiger charge is -2.50. The molecule has 0 aromatic heterocycles. The lowest BCUT2D eigenvalue weighted by Crippen LogP contribution is -2.70. The number of aliphatic hydroxyl groups excluding tert-OH is 11. The second kappa shape index (κ2) is 34.2. The standard InChI is InChI=1S/C49H84N6O27S/c1-22(60)52-33-38(67)42(80-48-41(70)44(37(66)27(18-58)78-48)82-46-34(53-23(2)61)43(36(65)26(17-57)76-46)81-47-40(69)39(68)35(64)25(16-56)77-47)28(19-59)79-45(33)75-10-5-8-50-31(63)20-74-15-14-73-13-12-72-11-9-51-30(62)7-4-3-6-29-32-24(21-83-29)54-49(71)55-32/h24-29,32-48,56-59,64-70H,3-21H2,1-2H3,(H,50,63)(H,51,62)(H,52,60)(H,53,61)(H2,54,55,71)/t24-,25?,26?,27?,28?,29-,32-,33?,34?,35?,36?,37?,38?,39?,40?,41?,42?,43?,44?,45?,46?,47?,48?/m0/s1. The Bertz CT molecular complexity index is 2020. The predicted molar refractivity (Wildman–Crippen MR) is 278 cm³/mol. The fraction of sp³-hybridized carbons (Fsp3) is 0.898. The van der Waals surface area contributed by atoms with Crippen LogP contribution < -0.4 is 31.9 Å². The molecule has 0 radical (unpaired) electrons. The van der Waals surface area contributed by atoms with Gasteiger partial charge in [0, 0.05) is 44.4 Å². The van der Waals surface area contributed by atoms with E-state index in [4.69, 9.17) is 52.1 Å². The van der Waals surface area contributed by atoms with Gasteiger partial charge in [-0.15, -0.1) is 0 Å². The van der Waals surface area contributed by atoms with Crippen LogP contribution in [-0.4, -0.2) is 317 Å². The zero-order valence-electron chi connectivity index (χ0n) is 46.1. The maximum Gasteiger partial charge on any atom is 0.315 e. The summed E-state index contributed by atoms with van der Waals surface area (Å²) in [5, 5.41) is 135. The molecule has 34 heteroatoms. The van der Waals surface area contributed by atoms with Gasteiger partial charge in [-0.05, 0) is 19.3 Å². The van der Waals surface area contributed by atoms with Gasteiger partial charge in [0.1, 0.15) is 104 Å². The minimum absolute atomic E-state index is 0.0489. The van der Waals surface area contributed by atoms with Crippen LogP contribution in [-0.2, 0) is 71.3 Å². The molecule has 0 bridgehead atoms. The third-order valence-corrected chi connectivity index (χ3v) is 16.1. The average Bonchev–Trinajstić information content (AvgIpc) is 4.23. The first-order valence-corrected chi connectivity index (χ1v) is 28.7. The van der Waals surface area contributed by atoms with Crippen molar-refractivity contribution in [2.45, 2.75) is 186 Å². The zero-order chi connectivity index (χ0) is 60.3. The lowest BCUT2D eigenvalue weighted by atomic mass is 9.94. The number of rotatable bonds is 33. The first kappa shape index (κ1) is 68.7. The van der Waals surface area contributed by atoms with Crippen LogP contribution in [0.2, 0.25) is 0 Å². The summed E-state index contributed by atoms with van der Waals surface area (Å²) < 4.78 is 62.9. The number of carbonyl (C=O) groups is 5. The molecule has 33 nitrogen and oxygen atoms in total. The van der Waals surface area contributed by atoms with E-state index in [1.807, 2.05) is 11.8 Å². The molecule has 6 rings (SSSR count). The van der Waals surface area contributed by atoms with Gasteiger partial charge < -0.3 is 140 Å². The first-order valence-electron chi connectivity index (χ1n) is 27.7. The summed E-state index contributed by atoms with van der Waals surface area (Å²) in [7, 11) is 0. The summed E-state index contributed by atoms with van der Waals surface area (Å²) in [5.41, 5.74) is 0. The molecular formula is C49H84N6O27S. The molecule has 0 aromatic carbocycles. The van der Waals surface area contributed by atoms with Crippen LogP contribution in [0.25, 0.3) is 0 Å². The summed E-state index contributed by atoms with van der Waals surface area (Å²) in [6, 6.07) is -2.83. The Hall–Kier alpha value is -3.38. The van der Waals surface area contributed by atoms with Crippen LogP contribution in [0.1, 0.15) is 46.0 Å². The number of fused-ring (bicyclic) bond motifs is 1. The van der Waals surface area contributed by atoms with Crippen molar-refractivity contribution in [3.8, 4) is 0 Å². The zero-order valence-corrected chi connectivity index (χ0v) is 46.9. The maximum atomic E-state index is 12.6. The number of aliphatic hydroxyl groups is 11. The van der Waals surface area contributed by atoms with Gasteiger partial charge in [-0.1, -0.05) is 6.42 Å². The fourth-order valence-electron chi connectivity index (χ4n) is 10.3. The summed E-state index contributed by atoms with van der Waals surface area (Å²) >= 11 is 1.85. The number of urea groups is 1. The van der Waals surface area contributed by atoms with E-state index in [-0.39, 0.29) is 76.6 Å². The number of hydrogen-bond acceptors (Lipinski definition) is 28. The van der Waals surface area contributed by atoms with E-state index in [0.29, 0.717) is 24.8 Å². The van der Waals surface area contributed by atoms with Crippen molar-refractivity contribution in [1.82, 2.24) is 31.9 Å². The highest BCUT2D eigenvalue weighted by Gasteiger charge is 2.56. The Balaban J connectivity index is 0.902. The number of unbranched alkanes of at least 4 members (excludes halogenated alkanes) is 1.